The molecule has 7 heteroatoms. The first kappa shape index (κ1) is 16.2. The number of likely N-dealkylation sites (tertiary alicyclic amines) is 1. The normalized spacial score (nSPS) is 22.6. The van der Waals surface area contributed by atoms with Gasteiger partial charge >= 0.3 is 0 Å². The zero-order valence-electron chi connectivity index (χ0n) is 13.8. The molecule has 0 aliphatic carbocycles. The van der Waals surface area contributed by atoms with E-state index in [1.54, 1.807) is 18.2 Å². The smallest absolute Gasteiger partial charge is 0.286 e. The predicted molar refractivity (Wildman–Crippen MR) is 97.3 cm³/mol. The van der Waals surface area contributed by atoms with Gasteiger partial charge in [-0.15, -0.1) is 4.40 Å². The van der Waals surface area contributed by atoms with Crippen LogP contribution in [0.15, 0.2) is 58.1 Å². The summed E-state index contributed by atoms with van der Waals surface area (Å²) in [5, 5.41) is 3.17. The number of nitrogens with zero attached hydrogens (tertiary/aromatic N) is 3. The number of para-hydroxylation sites is 1. The largest absolute Gasteiger partial charge is 0.341 e. The maximum absolute atomic E-state index is 12.4. The molecular formula is C18H20N4O2S. The molecule has 0 bridgehead atoms. The van der Waals surface area contributed by atoms with Crippen molar-refractivity contribution in [2.24, 2.45) is 4.40 Å². The molecule has 1 fully saturated rings. The fraction of sp³-hybridized carbons (Fsp3) is 0.333. The van der Waals surface area contributed by atoms with Gasteiger partial charge in [-0.3, -0.25) is 9.88 Å². The SMILES string of the molecule is O=S1(=O)N=C(CN2CCCC(c3ccncc3)C2)Nc2ccccc21. The van der Waals surface area contributed by atoms with E-state index in [2.05, 4.69) is 31.7 Å². The predicted octanol–water partition coefficient (Wildman–Crippen LogP) is 2.47. The number of hydrogen-bond donors (Lipinski definition) is 1. The van der Waals surface area contributed by atoms with E-state index in [0.717, 1.165) is 25.9 Å². The van der Waals surface area contributed by atoms with Crippen molar-refractivity contribution in [3.8, 4) is 0 Å². The molecule has 1 saturated heterocycles. The zero-order valence-corrected chi connectivity index (χ0v) is 14.6. The van der Waals surface area contributed by atoms with Crippen molar-refractivity contribution in [2.45, 2.75) is 23.7 Å². The second kappa shape index (κ2) is 6.57. The second-order valence-corrected chi connectivity index (χ2v) is 8.06. The standard InChI is InChI=1S/C18H20N4O2S/c23-25(24)17-6-2-1-5-16(17)20-18(21-25)13-22-11-3-4-15(12-22)14-7-9-19-10-8-14/h1-2,5-10,15H,3-4,11-13H2,(H,20,21). The van der Waals surface area contributed by atoms with Crippen molar-refractivity contribution >= 4 is 21.5 Å². The third-order valence-electron chi connectivity index (χ3n) is 4.73. The Balaban J connectivity index is 1.50. The summed E-state index contributed by atoms with van der Waals surface area (Å²) in [7, 11) is -3.62. The molecule has 1 unspecified atom stereocenters. The minimum absolute atomic E-state index is 0.243. The number of nitrogens with one attached hydrogen (secondary N) is 1. The summed E-state index contributed by atoms with van der Waals surface area (Å²) in [6.07, 6.45) is 5.88. The molecule has 3 heterocycles. The summed E-state index contributed by atoms with van der Waals surface area (Å²) >= 11 is 0. The Kier molecular flexibility index (Phi) is 4.27. The van der Waals surface area contributed by atoms with Gasteiger partial charge in [-0.25, -0.2) is 0 Å². The number of anilines is 1. The minimum Gasteiger partial charge on any atom is -0.341 e. The molecule has 130 valence electrons. The number of sulfonamides is 1. The molecule has 1 aromatic heterocycles. The van der Waals surface area contributed by atoms with Crippen LogP contribution in [-0.2, 0) is 10.0 Å². The van der Waals surface area contributed by atoms with E-state index in [9.17, 15) is 8.42 Å². The first-order chi connectivity index (χ1) is 12.1. The lowest BCUT2D eigenvalue weighted by Gasteiger charge is -2.33. The van der Waals surface area contributed by atoms with E-state index < -0.39 is 10.0 Å². The number of piperidine rings is 1. The zero-order chi connectivity index (χ0) is 17.3. The summed E-state index contributed by atoms with van der Waals surface area (Å²) in [6.45, 7) is 2.35. The van der Waals surface area contributed by atoms with Gasteiger partial charge in [0, 0.05) is 18.9 Å². The van der Waals surface area contributed by atoms with Crippen LogP contribution in [0.5, 0.6) is 0 Å². The summed E-state index contributed by atoms with van der Waals surface area (Å²) in [5.74, 6) is 0.943. The first-order valence-electron chi connectivity index (χ1n) is 8.44. The molecule has 0 radical (unpaired) electrons. The van der Waals surface area contributed by atoms with Crippen molar-refractivity contribution in [2.75, 3.05) is 25.0 Å². The van der Waals surface area contributed by atoms with E-state index in [0.29, 0.717) is 24.0 Å². The van der Waals surface area contributed by atoms with Gasteiger partial charge in [-0.05, 0) is 55.1 Å². The highest BCUT2D eigenvalue weighted by Gasteiger charge is 2.27. The van der Waals surface area contributed by atoms with Crippen LogP contribution >= 0.6 is 0 Å². The van der Waals surface area contributed by atoms with Crippen LogP contribution in [0, 0.1) is 0 Å². The average molecular weight is 356 g/mol. The lowest BCUT2D eigenvalue weighted by atomic mass is 9.91. The fourth-order valence-corrected chi connectivity index (χ4v) is 4.69. The molecular weight excluding hydrogens is 336 g/mol. The highest BCUT2D eigenvalue weighted by molar-refractivity contribution is 7.90. The van der Waals surface area contributed by atoms with Crippen molar-refractivity contribution < 1.29 is 8.42 Å². The maximum atomic E-state index is 12.4. The Hall–Kier alpha value is -2.25. The maximum Gasteiger partial charge on any atom is 0.286 e. The van der Waals surface area contributed by atoms with Crippen molar-refractivity contribution in [1.29, 1.82) is 0 Å². The van der Waals surface area contributed by atoms with Crippen molar-refractivity contribution in [3.05, 3.63) is 54.4 Å². The Labute approximate surface area is 147 Å². The summed E-state index contributed by atoms with van der Waals surface area (Å²) < 4.78 is 28.7. The minimum atomic E-state index is -3.62. The van der Waals surface area contributed by atoms with Crippen LogP contribution in [0.2, 0.25) is 0 Å². The Morgan fingerprint density at radius 2 is 1.96 bits per heavy atom. The second-order valence-electron chi connectivity index (χ2n) is 6.49. The third-order valence-corrected chi connectivity index (χ3v) is 6.10. The van der Waals surface area contributed by atoms with E-state index in [1.165, 1.54) is 5.56 Å². The van der Waals surface area contributed by atoms with E-state index in [4.69, 9.17) is 0 Å². The Morgan fingerprint density at radius 3 is 2.80 bits per heavy atom. The monoisotopic (exact) mass is 356 g/mol. The Bertz CT molecular complexity index is 896. The molecule has 2 aromatic rings. The topological polar surface area (TPSA) is 74.7 Å². The molecule has 0 saturated carbocycles. The highest BCUT2D eigenvalue weighted by Crippen LogP contribution is 2.29. The van der Waals surface area contributed by atoms with Gasteiger partial charge in [0.1, 0.15) is 10.7 Å². The van der Waals surface area contributed by atoms with Gasteiger partial charge < -0.3 is 5.32 Å². The summed E-state index contributed by atoms with van der Waals surface area (Å²) in [5.41, 5.74) is 1.89. The van der Waals surface area contributed by atoms with Gasteiger partial charge in [0.2, 0.25) is 0 Å². The van der Waals surface area contributed by atoms with Crippen LogP contribution in [0.1, 0.15) is 24.3 Å². The molecule has 0 spiro atoms. The first-order valence-corrected chi connectivity index (χ1v) is 9.88. The van der Waals surface area contributed by atoms with Crippen LogP contribution in [0.25, 0.3) is 0 Å². The van der Waals surface area contributed by atoms with Crippen molar-refractivity contribution in [1.82, 2.24) is 9.88 Å². The summed E-state index contributed by atoms with van der Waals surface area (Å²) in [4.78, 5) is 6.59. The number of aromatic nitrogens is 1. The number of rotatable bonds is 3. The molecule has 6 nitrogen and oxygen atoms in total. The number of benzene rings is 1. The molecule has 4 rings (SSSR count). The lowest BCUT2D eigenvalue weighted by molar-refractivity contribution is 0.234. The van der Waals surface area contributed by atoms with Crippen LogP contribution in [0.4, 0.5) is 5.69 Å². The average Bonchev–Trinajstić information content (AvgIpc) is 2.62. The molecule has 0 amide bonds. The molecule has 1 atom stereocenters. The molecule has 2 aliphatic heterocycles. The number of hydrogen-bond acceptors (Lipinski definition) is 5. The number of amidine groups is 1. The lowest BCUT2D eigenvalue weighted by Crippen LogP contribution is -2.41. The van der Waals surface area contributed by atoms with Crippen LogP contribution in [0.3, 0.4) is 0 Å². The summed E-state index contributed by atoms with van der Waals surface area (Å²) in [6, 6.07) is 11.0. The van der Waals surface area contributed by atoms with Gasteiger partial charge in [0.15, 0.2) is 0 Å². The molecule has 1 N–H and O–H groups in total. The number of pyridine rings is 1. The van der Waals surface area contributed by atoms with Crippen molar-refractivity contribution in [3.63, 3.8) is 0 Å². The van der Waals surface area contributed by atoms with Crippen LogP contribution < -0.4 is 5.32 Å². The highest BCUT2D eigenvalue weighted by atomic mass is 32.2. The third kappa shape index (κ3) is 3.43. The van der Waals surface area contributed by atoms with E-state index in [-0.39, 0.29) is 4.90 Å². The van der Waals surface area contributed by atoms with E-state index in [1.807, 2.05) is 18.5 Å². The number of fused-ring (bicyclic) bond motifs is 1. The fourth-order valence-electron chi connectivity index (χ4n) is 3.55. The van der Waals surface area contributed by atoms with Gasteiger partial charge in [0.05, 0.1) is 12.2 Å². The van der Waals surface area contributed by atoms with Gasteiger partial charge in [-0.1, -0.05) is 12.1 Å². The molecule has 2 aliphatic rings. The Morgan fingerprint density at radius 1 is 1.16 bits per heavy atom. The van der Waals surface area contributed by atoms with Gasteiger partial charge in [0.25, 0.3) is 10.0 Å². The van der Waals surface area contributed by atoms with Gasteiger partial charge in [-0.2, -0.15) is 8.42 Å². The van der Waals surface area contributed by atoms with E-state index >= 15 is 0 Å². The molecule has 25 heavy (non-hydrogen) atoms. The quantitative estimate of drug-likeness (QED) is 0.914. The molecule has 1 aromatic carbocycles. The van der Waals surface area contributed by atoms with Crippen LogP contribution in [-0.4, -0.2) is 43.8 Å².